The molecule has 6 heteroatoms. The van der Waals surface area contributed by atoms with Gasteiger partial charge in [0.2, 0.25) is 5.91 Å². The highest BCUT2D eigenvalue weighted by molar-refractivity contribution is 6.12. The van der Waals surface area contributed by atoms with Crippen molar-refractivity contribution in [2.24, 2.45) is 7.05 Å². The zero-order valence-electron chi connectivity index (χ0n) is 14.7. The van der Waals surface area contributed by atoms with Crippen LogP contribution < -0.4 is 4.90 Å². The summed E-state index contributed by atoms with van der Waals surface area (Å²) in [6.45, 7) is 5.76. The number of imidazole rings is 1. The van der Waals surface area contributed by atoms with Crippen LogP contribution in [0.1, 0.15) is 25.2 Å². The van der Waals surface area contributed by atoms with Gasteiger partial charge in [0.1, 0.15) is 5.82 Å². The van der Waals surface area contributed by atoms with Crippen molar-refractivity contribution in [3.8, 4) is 11.1 Å². The molecule has 0 saturated carbocycles. The van der Waals surface area contributed by atoms with Crippen LogP contribution in [0.15, 0.2) is 43.1 Å². The van der Waals surface area contributed by atoms with E-state index in [4.69, 9.17) is 0 Å². The lowest BCUT2D eigenvalue weighted by Crippen LogP contribution is -2.33. The first-order valence-electron chi connectivity index (χ1n) is 8.14. The summed E-state index contributed by atoms with van der Waals surface area (Å²) < 4.78 is 1.84. The Hall–Kier alpha value is -3.02. The van der Waals surface area contributed by atoms with Gasteiger partial charge < -0.3 is 4.57 Å². The van der Waals surface area contributed by atoms with Gasteiger partial charge in [0.05, 0.1) is 17.4 Å². The van der Waals surface area contributed by atoms with E-state index in [1.165, 1.54) is 0 Å². The highest BCUT2D eigenvalue weighted by atomic mass is 16.2. The molecule has 1 aliphatic heterocycles. The molecule has 0 spiro atoms. The fourth-order valence-corrected chi connectivity index (χ4v) is 3.21. The van der Waals surface area contributed by atoms with Gasteiger partial charge in [-0.3, -0.25) is 9.69 Å². The van der Waals surface area contributed by atoms with Gasteiger partial charge >= 0.3 is 0 Å². The van der Waals surface area contributed by atoms with Crippen molar-refractivity contribution in [3.63, 3.8) is 0 Å². The van der Waals surface area contributed by atoms with E-state index < -0.39 is 5.41 Å². The third-order valence-corrected chi connectivity index (χ3v) is 4.68. The number of aryl methyl sites for hydroxylation is 2. The molecular weight excluding hydrogens is 314 g/mol. The second kappa shape index (κ2) is 5.24. The molecule has 0 unspecified atom stereocenters. The lowest BCUT2D eigenvalue weighted by Gasteiger charge is -2.18. The molecule has 0 atom stereocenters. The van der Waals surface area contributed by atoms with E-state index in [0.717, 1.165) is 28.2 Å². The molecule has 1 aromatic carbocycles. The average molecular weight is 333 g/mol. The van der Waals surface area contributed by atoms with Crippen molar-refractivity contribution in [2.75, 3.05) is 4.90 Å². The summed E-state index contributed by atoms with van der Waals surface area (Å²) in [7, 11) is 1.89. The quantitative estimate of drug-likeness (QED) is 0.723. The number of hydrogen-bond donors (Lipinski definition) is 0. The maximum atomic E-state index is 13.0. The number of carbonyl (C=O) groups excluding carboxylic acids is 1. The van der Waals surface area contributed by atoms with Crippen LogP contribution in [0.25, 0.3) is 11.1 Å². The molecule has 1 aliphatic rings. The number of hydrogen-bond acceptors (Lipinski definition) is 4. The smallest absolute Gasteiger partial charge is 0.242 e. The van der Waals surface area contributed by atoms with E-state index in [0.29, 0.717) is 5.82 Å². The van der Waals surface area contributed by atoms with Gasteiger partial charge in [0.15, 0.2) is 5.82 Å². The molecule has 3 heterocycles. The largest absolute Gasteiger partial charge is 0.338 e. The number of aromatic nitrogens is 4. The van der Waals surface area contributed by atoms with Crippen molar-refractivity contribution in [2.45, 2.75) is 26.2 Å². The predicted molar refractivity (Wildman–Crippen MR) is 95.6 cm³/mol. The van der Waals surface area contributed by atoms with Crippen molar-refractivity contribution < 1.29 is 4.79 Å². The summed E-state index contributed by atoms with van der Waals surface area (Å²) in [4.78, 5) is 27.6. The first kappa shape index (κ1) is 15.5. The SMILES string of the molecule is Cc1ncc(-c2ccc3c(c2)N(c2cn(C)cn2)C(=O)C3(C)C)cn1. The number of nitrogens with zero attached hydrogens (tertiary/aromatic N) is 5. The van der Waals surface area contributed by atoms with Gasteiger partial charge in [-0.15, -0.1) is 0 Å². The van der Waals surface area contributed by atoms with E-state index in [2.05, 4.69) is 15.0 Å². The van der Waals surface area contributed by atoms with Crippen molar-refractivity contribution in [1.82, 2.24) is 19.5 Å². The van der Waals surface area contributed by atoms with Crippen molar-refractivity contribution in [3.05, 3.63) is 54.5 Å². The minimum absolute atomic E-state index is 0.0264. The molecule has 0 N–H and O–H groups in total. The van der Waals surface area contributed by atoms with Gasteiger partial charge in [0, 0.05) is 31.2 Å². The number of rotatable bonds is 2. The highest BCUT2D eigenvalue weighted by Crippen LogP contribution is 2.46. The van der Waals surface area contributed by atoms with Crippen LogP contribution in [0.3, 0.4) is 0 Å². The van der Waals surface area contributed by atoms with E-state index in [1.807, 2.05) is 56.8 Å². The zero-order valence-corrected chi connectivity index (χ0v) is 14.7. The number of fused-ring (bicyclic) bond motifs is 1. The molecule has 0 radical (unpaired) electrons. The van der Waals surface area contributed by atoms with Crippen LogP contribution >= 0.6 is 0 Å². The van der Waals surface area contributed by atoms with Gasteiger partial charge in [-0.25, -0.2) is 15.0 Å². The molecule has 0 aliphatic carbocycles. The number of benzene rings is 1. The van der Waals surface area contributed by atoms with Gasteiger partial charge in [-0.2, -0.15) is 0 Å². The van der Waals surface area contributed by atoms with E-state index >= 15 is 0 Å². The average Bonchev–Trinajstić information content (AvgIpc) is 3.08. The zero-order chi connectivity index (χ0) is 17.8. The summed E-state index contributed by atoms with van der Waals surface area (Å²) in [6, 6.07) is 6.06. The van der Waals surface area contributed by atoms with Crippen LogP contribution in [0.5, 0.6) is 0 Å². The second-order valence-electron chi connectivity index (χ2n) is 6.91. The fraction of sp³-hybridized carbons (Fsp3) is 0.263. The van der Waals surface area contributed by atoms with Gasteiger partial charge in [-0.05, 0) is 38.0 Å². The number of carbonyl (C=O) groups is 1. The maximum absolute atomic E-state index is 13.0. The Balaban J connectivity index is 1.88. The van der Waals surface area contributed by atoms with E-state index in [-0.39, 0.29) is 5.91 Å². The van der Waals surface area contributed by atoms with Crippen LogP contribution in [-0.4, -0.2) is 25.4 Å². The second-order valence-corrected chi connectivity index (χ2v) is 6.91. The Morgan fingerprint density at radius 3 is 2.40 bits per heavy atom. The summed E-state index contributed by atoms with van der Waals surface area (Å²) in [6.07, 6.45) is 7.16. The molecule has 0 fully saturated rings. The molecule has 0 saturated heterocycles. The summed E-state index contributed by atoms with van der Waals surface area (Å²) in [5, 5.41) is 0. The van der Waals surface area contributed by atoms with E-state index in [9.17, 15) is 4.79 Å². The molecule has 6 nitrogen and oxygen atoms in total. The topological polar surface area (TPSA) is 63.9 Å². The molecule has 126 valence electrons. The predicted octanol–water partition coefficient (Wildman–Crippen LogP) is 3.14. The molecule has 4 rings (SSSR count). The Bertz CT molecular complexity index is 972. The Kier molecular flexibility index (Phi) is 3.25. The Morgan fingerprint density at radius 1 is 1.04 bits per heavy atom. The summed E-state index contributed by atoms with van der Waals surface area (Å²) >= 11 is 0. The molecule has 25 heavy (non-hydrogen) atoms. The maximum Gasteiger partial charge on any atom is 0.242 e. The molecule has 0 bridgehead atoms. The standard InChI is InChI=1S/C19H19N5O/c1-12-20-8-14(9-21-12)13-5-6-15-16(7-13)24(18(25)19(15,2)3)17-10-23(4)11-22-17/h5-11H,1-4H3. The third-order valence-electron chi connectivity index (χ3n) is 4.68. The number of anilines is 2. The number of amides is 1. The molecule has 2 aromatic heterocycles. The monoisotopic (exact) mass is 333 g/mol. The molecular formula is C19H19N5O. The fourth-order valence-electron chi connectivity index (χ4n) is 3.21. The third kappa shape index (κ3) is 2.33. The minimum atomic E-state index is -0.588. The van der Waals surface area contributed by atoms with Crippen LogP contribution in [0, 0.1) is 6.92 Å². The van der Waals surface area contributed by atoms with Gasteiger partial charge in [-0.1, -0.05) is 12.1 Å². The van der Waals surface area contributed by atoms with Crippen LogP contribution in [0.2, 0.25) is 0 Å². The molecule has 3 aromatic rings. The molecule has 1 amide bonds. The lowest BCUT2D eigenvalue weighted by molar-refractivity contribution is -0.121. The van der Waals surface area contributed by atoms with Crippen molar-refractivity contribution >= 4 is 17.4 Å². The Labute approximate surface area is 146 Å². The van der Waals surface area contributed by atoms with E-state index in [1.54, 1.807) is 23.6 Å². The Morgan fingerprint density at radius 2 is 1.76 bits per heavy atom. The first-order valence-corrected chi connectivity index (χ1v) is 8.14. The summed E-state index contributed by atoms with van der Waals surface area (Å²) in [5.74, 6) is 1.39. The van der Waals surface area contributed by atoms with Crippen molar-refractivity contribution in [1.29, 1.82) is 0 Å². The normalized spacial score (nSPS) is 15.5. The van der Waals surface area contributed by atoms with Gasteiger partial charge in [0.25, 0.3) is 0 Å². The lowest BCUT2D eigenvalue weighted by atomic mass is 9.85. The first-order chi connectivity index (χ1) is 11.9. The summed E-state index contributed by atoms with van der Waals surface area (Å²) in [5.41, 5.74) is 3.18. The van der Waals surface area contributed by atoms with Crippen LogP contribution in [-0.2, 0) is 17.3 Å². The highest BCUT2D eigenvalue weighted by Gasteiger charge is 2.45. The minimum Gasteiger partial charge on any atom is -0.338 e. The van der Waals surface area contributed by atoms with Crippen LogP contribution in [0.4, 0.5) is 11.5 Å².